The molecule has 1 saturated heterocycles. The van der Waals surface area contributed by atoms with Gasteiger partial charge in [0.1, 0.15) is 4.75 Å². The molecule has 6 rings (SSSR count). The second-order valence-corrected chi connectivity index (χ2v) is 15.8. The van der Waals surface area contributed by atoms with E-state index in [1.807, 2.05) is 24.3 Å². The van der Waals surface area contributed by atoms with E-state index < -0.39 is 14.6 Å². The summed E-state index contributed by atoms with van der Waals surface area (Å²) in [4.78, 5) is 3.00. The van der Waals surface area contributed by atoms with Gasteiger partial charge in [-0.15, -0.1) is 0 Å². The van der Waals surface area contributed by atoms with Gasteiger partial charge in [-0.05, 0) is 125 Å². The van der Waals surface area contributed by atoms with Crippen LogP contribution in [0.15, 0.2) is 57.9 Å². The van der Waals surface area contributed by atoms with Crippen LogP contribution in [0.2, 0.25) is 5.02 Å². The first-order valence-electron chi connectivity index (χ1n) is 14.8. The number of halogens is 2. The van der Waals surface area contributed by atoms with Gasteiger partial charge in [0.15, 0.2) is 9.84 Å². The Morgan fingerprint density at radius 1 is 0.975 bits per heavy atom. The topological polar surface area (TPSA) is 55.2 Å². The molecule has 0 amide bonds. The molecule has 0 radical (unpaired) electrons. The zero-order valence-electron chi connectivity index (χ0n) is 23.5. The number of rotatable bonds is 6. The fraction of sp³-hybridized carbons (Fsp3) is 0.531. The summed E-state index contributed by atoms with van der Waals surface area (Å²) >= 11 is 9.63. The Balaban J connectivity index is 1.19. The van der Waals surface area contributed by atoms with Crippen LogP contribution in [0.25, 0.3) is 0 Å². The Kier molecular flexibility index (Phi) is 7.97. The molecule has 3 aromatic rings. The van der Waals surface area contributed by atoms with Crippen LogP contribution in [-0.4, -0.2) is 42.2 Å². The smallest absolute Gasteiger partial charge is 0.188 e. The van der Waals surface area contributed by atoms with Crippen molar-refractivity contribution in [1.82, 2.24) is 14.7 Å². The SMILES string of the molecule is CCn1nc2c(c1C1CCN(C3CCC(c4ccc(Br)cc4)(S(=O)(=O)c4ccc(Cl)cc4)CC3)CC1)CC(C)C2. The minimum Gasteiger partial charge on any atom is -0.300 e. The highest BCUT2D eigenvalue weighted by Crippen LogP contribution is 2.48. The number of hydrogen-bond donors (Lipinski definition) is 0. The molecule has 2 fully saturated rings. The summed E-state index contributed by atoms with van der Waals surface area (Å²) in [5, 5.41) is 5.53. The number of piperidine rings is 1. The molecular formula is C32H39BrClN3O2S. The minimum atomic E-state index is -3.62. The first-order chi connectivity index (χ1) is 19.2. The second-order valence-electron chi connectivity index (χ2n) is 12.1. The Morgan fingerprint density at radius 3 is 2.25 bits per heavy atom. The highest BCUT2D eigenvalue weighted by molar-refractivity contribution is 9.10. The van der Waals surface area contributed by atoms with Crippen LogP contribution >= 0.6 is 27.5 Å². The molecule has 2 aliphatic carbocycles. The van der Waals surface area contributed by atoms with Crippen LogP contribution in [0.3, 0.4) is 0 Å². The monoisotopic (exact) mass is 643 g/mol. The maximum atomic E-state index is 14.3. The van der Waals surface area contributed by atoms with Crippen LogP contribution in [0.1, 0.15) is 80.8 Å². The van der Waals surface area contributed by atoms with Crippen molar-refractivity contribution < 1.29 is 8.42 Å². The molecule has 8 heteroatoms. The van der Waals surface area contributed by atoms with E-state index in [-0.39, 0.29) is 0 Å². The summed E-state index contributed by atoms with van der Waals surface area (Å²) in [6.07, 6.45) is 7.62. The summed E-state index contributed by atoms with van der Waals surface area (Å²) in [7, 11) is -3.62. The van der Waals surface area contributed by atoms with Gasteiger partial charge in [0.05, 0.1) is 10.6 Å². The van der Waals surface area contributed by atoms with E-state index in [9.17, 15) is 8.42 Å². The second kappa shape index (κ2) is 11.2. The summed E-state index contributed by atoms with van der Waals surface area (Å²) < 4.78 is 30.8. The third-order valence-electron chi connectivity index (χ3n) is 9.78. The van der Waals surface area contributed by atoms with E-state index in [2.05, 4.69) is 39.4 Å². The fourth-order valence-corrected chi connectivity index (χ4v) is 10.2. The number of sulfone groups is 1. The van der Waals surface area contributed by atoms with Crippen molar-refractivity contribution in [3.05, 3.63) is 80.5 Å². The van der Waals surface area contributed by atoms with Crippen molar-refractivity contribution in [2.75, 3.05) is 13.1 Å². The lowest BCUT2D eigenvalue weighted by molar-refractivity contribution is 0.110. The van der Waals surface area contributed by atoms with E-state index in [0.717, 1.165) is 61.8 Å². The number of likely N-dealkylation sites (tertiary alicyclic amines) is 1. The molecule has 1 atom stereocenters. The molecule has 1 aromatic heterocycles. The molecule has 5 nitrogen and oxygen atoms in total. The van der Waals surface area contributed by atoms with Crippen LogP contribution < -0.4 is 0 Å². The zero-order valence-corrected chi connectivity index (χ0v) is 26.6. The van der Waals surface area contributed by atoms with Gasteiger partial charge >= 0.3 is 0 Å². The Hall–Kier alpha value is -1.67. The third-order valence-corrected chi connectivity index (χ3v) is 13.1. The van der Waals surface area contributed by atoms with E-state index >= 15 is 0 Å². The molecule has 1 unspecified atom stereocenters. The molecule has 0 bridgehead atoms. The Morgan fingerprint density at radius 2 is 1.62 bits per heavy atom. The van der Waals surface area contributed by atoms with Crippen LogP contribution in [0, 0.1) is 5.92 Å². The largest absolute Gasteiger partial charge is 0.300 e. The number of benzene rings is 2. The normalized spacial score (nSPS) is 26.2. The number of fused-ring (bicyclic) bond motifs is 1. The molecule has 1 saturated carbocycles. The maximum Gasteiger partial charge on any atom is 0.188 e. The van der Waals surface area contributed by atoms with Gasteiger partial charge < -0.3 is 4.90 Å². The van der Waals surface area contributed by atoms with Gasteiger partial charge in [-0.2, -0.15) is 5.10 Å². The quantitative estimate of drug-likeness (QED) is 0.278. The van der Waals surface area contributed by atoms with E-state index in [1.54, 1.807) is 24.3 Å². The van der Waals surface area contributed by atoms with Gasteiger partial charge in [-0.1, -0.05) is 46.6 Å². The predicted molar refractivity (Wildman–Crippen MR) is 165 cm³/mol. The average Bonchev–Trinajstić information content (AvgIpc) is 3.49. The molecular weight excluding hydrogens is 606 g/mol. The summed E-state index contributed by atoms with van der Waals surface area (Å²) in [5.74, 6) is 1.29. The zero-order chi connectivity index (χ0) is 28.1. The maximum absolute atomic E-state index is 14.3. The molecule has 0 N–H and O–H groups in total. The number of hydrogen-bond acceptors (Lipinski definition) is 4. The Labute approximate surface area is 252 Å². The lowest BCUT2D eigenvalue weighted by Gasteiger charge is -2.45. The van der Waals surface area contributed by atoms with E-state index in [0.29, 0.717) is 40.6 Å². The predicted octanol–water partition coefficient (Wildman–Crippen LogP) is 7.55. The van der Waals surface area contributed by atoms with E-state index in [4.69, 9.17) is 16.7 Å². The number of aryl methyl sites for hydroxylation is 1. The van der Waals surface area contributed by atoms with Crippen molar-refractivity contribution >= 4 is 37.4 Å². The van der Waals surface area contributed by atoms with Gasteiger partial charge in [0.2, 0.25) is 0 Å². The highest BCUT2D eigenvalue weighted by Gasteiger charge is 2.49. The summed E-state index contributed by atoms with van der Waals surface area (Å²) in [6.45, 7) is 7.64. The van der Waals surface area contributed by atoms with Crippen molar-refractivity contribution in [2.45, 2.75) is 93.4 Å². The molecule has 214 valence electrons. The fourth-order valence-electron chi connectivity index (χ4n) is 7.68. The molecule has 3 aliphatic rings. The summed E-state index contributed by atoms with van der Waals surface area (Å²) in [6, 6.07) is 15.0. The van der Waals surface area contributed by atoms with Gasteiger partial charge in [0, 0.05) is 33.7 Å². The molecule has 2 heterocycles. The van der Waals surface area contributed by atoms with Gasteiger partial charge in [0.25, 0.3) is 0 Å². The lowest BCUT2D eigenvalue weighted by atomic mass is 9.79. The lowest BCUT2D eigenvalue weighted by Crippen LogP contribution is -2.48. The van der Waals surface area contributed by atoms with Crippen LogP contribution in [0.5, 0.6) is 0 Å². The average molecular weight is 645 g/mol. The third kappa shape index (κ3) is 4.99. The van der Waals surface area contributed by atoms with Crippen molar-refractivity contribution in [3.63, 3.8) is 0 Å². The van der Waals surface area contributed by atoms with Crippen LogP contribution in [-0.2, 0) is 34.0 Å². The van der Waals surface area contributed by atoms with Gasteiger partial charge in [-0.3, -0.25) is 4.68 Å². The molecule has 0 spiro atoms. The van der Waals surface area contributed by atoms with E-state index in [1.165, 1.54) is 23.4 Å². The van der Waals surface area contributed by atoms with Crippen molar-refractivity contribution in [1.29, 1.82) is 0 Å². The minimum absolute atomic E-state index is 0.355. The number of aromatic nitrogens is 2. The first-order valence-corrected chi connectivity index (χ1v) is 17.5. The molecule has 2 aromatic carbocycles. The van der Waals surface area contributed by atoms with Crippen molar-refractivity contribution in [2.24, 2.45) is 5.92 Å². The van der Waals surface area contributed by atoms with Crippen LogP contribution in [0.4, 0.5) is 0 Å². The van der Waals surface area contributed by atoms with Crippen molar-refractivity contribution in [3.8, 4) is 0 Å². The first kappa shape index (κ1) is 28.4. The standard InChI is InChI=1S/C32H39BrClN3O2S/c1-3-37-31(29-20-22(2)21-30(29)35-37)23-14-18-36(19-15-23)27-12-16-32(17-13-27,24-4-6-25(33)7-5-24)40(38,39)28-10-8-26(34)9-11-28/h4-11,22-23,27H,3,12-21H2,1-2H3. The summed E-state index contributed by atoms with van der Waals surface area (Å²) in [5.41, 5.74) is 5.27. The Bertz CT molecular complexity index is 1450. The highest BCUT2D eigenvalue weighted by atomic mass is 79.9. The van der Waals surface area contributed by atoms with Gasteiger partial charge in [-0.25, -0.2) is 8.42 Å². The molecule has 40 heavy (non-hydrogen) atoms. The number of nitrogens with zero attached hydrogens (tertiary/aromatic N) is 3. The molecule has 1 aliphatic heterocycles.